The van der Waals surface area contributed by atoms with Crippen LogP contribution in [0, 0.1) is 6.92 Å². The number of hydrogen-bond acceptors (Lipinski definition) is 4. The van der Waals surface area contributed by atoms with Gasteiger partial charge in [0.1, 0.15) is 18.4 Å². The highest BCUT2D eigenvalue weighted by Gasteiger charge is 2.32. The molecule has 1 aliphatic heterocycles. The van der Waals surface area contributed by atoms with Crippen molar-refractivity contribution in [2.75, 3.05) is 26.7 Å². The standard InChI is InChI=1S/C14H18N2O4/c1-10-5-3-4-6-12(10)20-11-8-16(9-11)13(17)7-15-14(18)19-2/h3-6,11H,7-9H2,1-2H3,(H,15,18). The number of amides is 2. The first kappa shape index (κ1) is 14.2. The number of nitrogens with zero attached hydrogens (tertiary/aromatic N) is 1. The second-order valence-electron chi connectivity index (χ2n) is 4.65. The molecule has 1 aromatic rings. The Morgan fingerprint density at radius 2 is 2.05 bits per heavy atom. The van der Waals surface area contributed by atoms with Gasteiger partial charge in [-0.15, -0.1) is 0 Å². The van der Waals surface area contributed by atoms with E-state index in [2.05, 4.69) is 10.1 Å². The van der Waals surface area contributed by atoms with Crippen molar-refractivity contribution in [3.63, 3.8) is 0 Å². The van der Waals surface area contributed by atoms with E-state index in [0.29, 0.717) is 13.1 Å². The molecule has 2 amide bonds. The van der Waals surface area contributed by atoms with Crippen molar-refractivity contribution >= 4 is 12.0 Å². The van der Waals surface area contributed by atoms with Crippen LogP contribution in [-0.4, -0.2) is 49.7 Å². The number of carbonyl (C=O) groups is 2. The van der Waals surface area contributed by atoms with Gasteiger partial charge < -0.3 is 19.7 Å². The predicted octanol–water partition coefficient (Wildman–Crippen LogP) is 0.941. The topological polar surface area (TPSA) is 67.9 Å². The first-order valence-corrected chi connectivity index (χ1v) is 6.42. The van der Waals surface area contributed by atoms with E-state index < -0.39 is 6.09 Å². The molecule has 0 atom stereocenters. The van der Waals surface area contributed by atoms with E-state index in [0.717, 1.165) is 11.3 Å². The number of benzene rings is 1. The molecule has 20 heavy (non-hydrogen) atoms. The van der Waals surface area contributed by atoms with E-state index in [1.54, 1.807) is 4.90 Å². The Labute approximate surface area is 117 Å². The molecule has 0 radical (unpaired) electrons. The second kappa shape index (κ2) is 6.27. The molecule has 0 bridgehead atoms. The predicted molar refractivity (Wildman–Crippen MR) is 72.6 cm³/mol. The van der Waals surface area contributed by atoms with Crippen LogP contribution in [0.25, 0.3) is 0 Å². The fourth-order valence-electron chi connectivity index (χ4n) is 1.92. The van der Waals surface area contributed by atoms with Crippen molar-refractivity contribution in [2.24, 2.45) is 0 Å². The molecule has 0 aromatic heterocycles. The summed E-state index contributed by atoms with van der Waals surface area (Å²) in [6, 6.07) is 7.78. The highest BCUT2D eigenvalue weighted by atomic mass is 16.5. The highest BCUT2D eigenvalue weighted by molar-refractivity contribution is 5.82. The molecule has 1 aromatic carbocycles. The Balaban J connectivity index is 1.73. The number of aryl methyl sites for hydroxylation is 1. The minimum Gasteiger partial charge on any atom is -0.486 e. The lowest BCUT2D eigenvalue weighted by atomic mass is 10.1. The SMILES string of the molecule is COC(=O)NCC(=O)N1CC(Oc2ccccc2C)C1. The van der Waals surface area contributed by atoms with Gasteiger partial charge in [-0.1, -0.05) is 18.2 Å². The number of carbonyl (C=O) groups excluding carboxylic acids is 2. The van der Waals surface area contributed by atoms with Gasteiger partial charge in [-0.3, -0.25) is 4.79 Å². The summed E-state index contributed by atoms with van der Waals surface area (Å²) >= 11 is 0. The summed E-state index contributed by atoms with van der Waals surface area (Å²) in [5.41, 5.74) is 1.07. The number of nitrogens with one attached hydrogen (secondary N) is 1. The third-order valence-corrected chi connectivity index (χ3v) is 3.16. The summed E-state index contributed by atoms with van der Waals surface area (Å²) in [5.74, 6) is 0.706. The highest BCUT2D eigenvalue weighted by Crippen LogP contribution is 2.21. The largest absolute Gasteiger partial charge is 0.486 e. The lowest BCUT2D eigenvalue weighted by Crippen LogP contribution is -2.58. The summed E-state index contributed by atoms with van der Waals surface area (Å²) in [4.78, 5) is 24.2. The molecule has 1 N–H and O–H groups in total. The van der Waals surface area contributed by atoms with Crippen molar-refractivity contribution in [3.05, 3.63) is 29.8 Å². The molecule has 0 unspecified atom stereocenters. The van der Waals surface area contributed by atoms with E-state index in [1.165, 1.54) is 7.11 Å². The molecular weight excluding hydrogens is 260 g/mol. The van der Waals surface area contributed by atoms with Crippen LogP contribution < -0.4 is 10.1 Å². The fraction of sp³-hybridized carbons (Fsp3) is 0.429. The van der Waals surface area contributed by atoms with Crippen LogP contribution >= 0.6 is 0 Å². The molecule has 1 aliphatic rings. The molecule has 2 rings (SSSR count). The van der Waals surface area contributed by atoms with Crippen LogP contribution in [0.15, 0.2) is 24.3 Å². The number of alkyl carbamates (subject to hydrolysis) is 1. The van der Waals surface area contributed by atoms with E-state index in [9.17, 15) is 9.59 Å². The van der Waals surface area contributed by atoms with Crippen LogP contribution in [0.4, 0.5) is 4.79 Å². The van der Waals surface area contributed by atoms with Crippen molar-refractivity contribution in [1.82, 2.24) is 10.2 Å². The zero-order chi connectivity index (χ0) is 14.5. The van der Waals surface area contributed by atoms with E-state index in [-0.39, 0.29) is 18.6 Å². The maximum atomic E-state index is 11.7. The average Bonchev–Trinajstić information content (AvgIpc) is 2.41. The maximum absolute atomic E-state index is 11.7. The smallest absolute Gasteiger partial charge is 0.407 e. The lowest BCUT2D eigenvalue weighted by Gasteiger charge is -2.39. The van der Waals surface area contributed by atoms with Crippen molar-refractivity contribution in [2.45, 2.75) is 13.0 Å². The van der Waals surface area contributed by atoms with Gasteiger partial charge >= 0.3 is 6.09 Å². The monoisotopic (exact) mass is 278 g/mol. The molecule has 1 fully saturated rings. The van der Waals surface area contributed by atoms with Gasteiger partial charge in [0.2, 0.25) is 5.91 Å². The summed E-state index contributed by atoms with van der Waals surface area (Å²) < 4.78 is 10.2. The zero-order valence-corrected chi connectivity index (χ0v) is 11.6. The number of hydrogen-bond donors (Lipinski definition) is 1. The lowest BCUT2D eigenvalue weighted by molar-refractivity contribution is -0.138. The molecular formula is C14H18N2O4. The Bertz CT molecular complexity index is 498. The Hall–Kier alpha value is -2.24. The molecule has 6 nitrogen and oxygen atoms in total. The number of likely N-dealkylation sites (tertiary alicyclic amines) is 1. The Morgan fingerprint density at radius 1 is 1.35 bits per heavy atom. The van der Waals surface area contributed by atoms with E-state index in [1.807, 2.05) is 31.2 Å². The Kier molecular flexibility index (Phi) is 4.45. The molecule has 1 saturated heterocycles. The van der Waals surface area contributed by atoms with Crippen LogP contribution in [-0.2, 0) is 9.53 Å². The number of para-hydroxylation sites is 1. The summed E-state index contributed by atoms with van der Waals surface area (Å²) in [5, 5.41) is 2.36. The minimum atomic E-state index is -0.605. The third-order valence-electron chi connectivity index (χ3n) is 3.16. The number of methoxy groups -OCH3 is 1. The first-order valence-electron chi connectivity index (χ1n) is 6.42. The van der Waals surface area contributed by atoms with Crippen molar-refractivity contribution < 1.29 is 19.1 Å². The van der Waals surface area contributed by atoms with Crippen molar-refractivity contribution in [1.29, 1.82) is 0 Å². The van der Waals surface area contributed by atoms with Crippen LogP contribution in [0.2, 0.25) is 0 Å². The van der Waals surface area contributed by atoms with Gasteiger partial charge in [-0.25, -0.2) is 4.79 Å². The van der Waals surface area contributed by atoms with Gasteiger partial charge in [0.25, 0.3) is 0 Å². The fourth-order valence-corrected chi connectivity index (χ4v) is 1.92. The first-order chi connectivity index (χ1) is 9.60. The van der Waals surface area contributed by atoms with Gasteiger partial charge in [0.15, 0.2) is 0 Å². The molecule has 0 spiro atoms. The van der Waals surface area contributed by atoms with Crippen LogP contribution in [0.5, 0.6) is 5.75 Å². The van der Waals surface area contributed by atoms with E-state index >= 15 is 0 Å². The van der Waals surface area contributed by atoms with E-state index in [4.69, 9.17) is 4.74 Å². The Morgan fingerprint density at radius 3 is 2.70 bits per heavy atom. The summed E-state index contributed by atoms with van der Waals surface area (Å²) in [6.07, 6.45) is -0.593. The normalized spacial score (nSPS) is 14.4. The summed E-state index contributed by atoms with van der Waals surface area (Å²) in [7, 11) is 1.26. The van der Waals surface area contributed by atoms with Gasteiger partial charge in [-0.05, 0) is 18.6 Å². The van der Waals surface area contributed by atoms with Crippen LogP contribution in [0.3, 0.4) is 0 Å². The maximum Gasteiger partial charge on any atom is 0.407 e. The molecule has 1 heterocycles. The molecule has 0 saturated carbocycles. The number of ether oxygens (including phenoxy) is 2. The van der Waals surface area contributed by atoms with Gasteiger partial charge in [0, 0.05) is 0 Å². The zero-order valence-electron chi connectivity index (χ0n) is 11.6. The average molecular weight is 278 g/mol. The summed E-state index contributed by atoms with van der Waals surface area (Å²) in [6.45, 7) is 3.01. The number of rotatable bonds is 4. The van der Waals surface area contributed by atoms with Crippen molar-refractivity contribution in [3.8, 4) is 5.75 Å². The molecule has 0 aliphatic carbocycles. The molecule has 108 valence electrons. The quantitative estimate of drug-likeness (QED) is 0.890. The van der Waals surface area contributed by atoms with Gasteiger partial charge in [-0.2, -0.15) is 0 Å². The molecule has 6 heteroatoms. The van der Waals surface area contributed by atoms with Crippen LogP contribution in [0.1, 0.15) is 5.56 Å². The third kappa shape index (κ3) is 3.40. The minimum absolute atomic E-state index is 0.0122. The second-order valence-corrected chi connectivity index (χ2v) is 4.65. The van der Waals surface area contributed by atoms with Gasteiger partial charge in [0.05, 0.1) is 20.2 Å².